The molecule has 0 radical (unpaired) electrons. The molecule has 1 amide bonds. The highest BCUT2D eigenvalue weighted by atomic mass is 32.2. The van der Waals surface area contributed by atoms with Crippen LogP contribution in [0.25, 0.3) is 0 Å². The lowest BCUT2D eigenvalue weighted by molar-refractivity contribution is -0.124. The lowest BCUT2D eigenvalue weighted by atomic mass is 10.1. The van der Waals surface area contributed by atoms with Gasteiger partial charge in [0, 0.05) is 12.1 Å². The molecule has 1 aliphatic carbocycles. The number of ether oxygens (including phenoxy) is 1. The predicted molar refractivity (Wildman–Crippen MR) is 103 cm³/mol. The second-order valence-electron chi connectivity index (χ2n) is 7.51. The van der Waals surface area contributed by atoms with Crippen LogP contribution in [0.5, 0.6) is 5.75 Å². The Hall–Kier alpha value is -1.64. The fourth-order valence-corrected chi connectivity index (χ4v) is 4.92. The van der Waals surface area contributed by atoms with Gasteiger partial charge >= 0.3 is 0 Å². The fraction of sp³-hybridized carbons (Fsp3) is 0.632. The Morgan fingerprint density at radius 3 is 2.33 bits per heavy atom. The molecule has 1 saturated carbocycles. The molecule has 2 N–H and O–H groups in total. The summed E-state index contributed by atoms with van der Waals surface area (Å²) < 4.78 is 33.0. The van der Waals surface area contributed by atoms with E-state index in [1.165, 1.54) is 12.1 Å². The summed E-state index contributed by atoms with van der Waals surface area (Å²) in [5, 5.41) is 2.99. The summed E-state index contributed by atoms with van der Waals surface area (Å²) in [4.78, 5) is 14.5. The van der Waals surface area contributed by atoms with Crippen molar-refractivity contribution in [2.45, 2.75) is 55.5 Å². The number of carbonyl (C=O) groups is 1. The monoisotopic (exact) mass is 395 g/mol. The van der Waals surface area contributed by atoms with Gasteiger partial charge in [0.15, 0.2) is 6.61 Å². The van der Waals surface area contributed by atoms with Crippen molar-refractivity contribution in [1.29, 1.82) is 0 Å². The van der Waals surface area contributed by atoms with Crippen LogP contribution in [-0.2, 0) is 14.8 Å². The topological polar surface area (TPSA) is 87.7 Å². The van der Waals surface area contributed by atoms with E-state index in [1.54, 1.807) is 12.1 Å². The Kier molecular flexibility index (Phi) is 6.73. The Labute approximate surface area is 161 Å². The van der Waals surface area contributed by atoms with Gasteiger partial charge in [-0.1, -0.05) is 12.8 Å². The highest BCUT2D eigenvalue weighted by Gasteiger charge is 2.23. The molecule has 0 aromatic heterocycles. The van der Waals surface area contributed by atoms with Gasteiger partial charge in [0.25, 0.3) is 5.91 Å². The molecule has 7 nitrogen and oxygen atoms in total. The smallest absolute Gasteiger partial charge is 0.258 e. The van der Waals surface area contributed by atoms with E-state index in [2.05, 4.69) is 22.0 Å². The zero-order chi connectivity index (χ0) is 19.3. The second-order valence-corrected chi connectivity index (χ2v) is 9.22. The first-order valence-electron chi connectivity index (χ1n) is 9.65. The molecule has 0 unspecified atom stereocenters. The first-order valence-corrected chi connectivity index (χ1v) is 11.1. The van der Waals surface area contributed by atoms with Crippen molar-refractivity contribution in [2.75, 3.05) is 26.7 Å². The molecule has 27 heavy (non-hydrogen) atoms. The van der Waals surface area contributed by atoms with Gasteiger partial charge in [-0.2, -0.15) is 0 Å². The van der Waals surface area contributed by atoms with Gasteiger partial charge < -0.3 is 15.0 Å². The quantitative estimate of drug-likeness (QED) is 0.730. The molecule has 0 spiro atoms. The average molecular weight is 396 g/mol. The van der Waals surface area contributed by atoms with Crippen molar-refractivity contribution < 1.29 is 17.9 Å². The number of amides is 1. The van der Waals surface area contributed by atoms with E-state index in [1.807, 2.05) is 0 Å². The van der Waals surface area contributed by atoms with Crippen LogP contribution in [-0.4, -0.2) is 58.1 Å². The Balaban J connectivity index is 1.46. The number of benzene rings is 1. The molecule has 0 bridgehead atoms. The summed E-state index contributed by atoms with van der Waals surface area (Å²) in [6.07, 6.45) is 5.82. The number of likely N-dealkylation sites (tertiary alicyclic amines) is 1. The Morgan fingerprint density at radius 2 is 1.70 bits per heavy atom. The highest BCUT2D eigenvalue weighted by Crippen LogP contribution is 2.21. The molecular formula is C19H29N3O4S. The van der Waals surface area contributed by atoms with Gasteiger partial charge in [0.1, 0.15) is 5.75 Å². The maximum atomic E-state index is 12.4. The number of carbonyl (C=O) groups excluding carboxylic acids is 1. The molecule has 150 valence electrons. The van der Waals surface area contributed by atoms with E-state index < -0.39 is 10.0 Å². The van der Waals surface area contributed by atoms with Crippen LogP contribution < -0.4 is 14.8 Å². The third-order valence-corrected chi connectivity index (χ3v) is 6.80. The summed E-state index contributed by atoms with van der Waals surface area (Å²) >= 11 is 0. The number of nitrogens with zero attached hydrogens (tertiary/aromatic N) is 1. The number of nitrogens with one attached hydrogen (secondary N) is 2. The van der Waals surface area contributed by atoms with Gasteiger partial charge in [0.05, 0.1) is 4.90 Å². The first kappa shape index (κ1) is 20.1. The lowest BCUT2D eigenvalue weighted by Crippen LogP contribution is -2.44. The zero-order valence-electron chi connectivity index (χ0n) is 15.8. The number of hydrogen-bond donors (Lipinski definition) is 2. The van der Waals surface area contributed by atoms with Crippen molar-refractivity contribution in [3.63, 3.8) is 0 Å². The van der Waals surface area contributed by atoms with Crippen molar-refractivity contribution in [3.8, 4) is 5.75 Å². The van der Waals surface area contributed by atoms with E-state index in [4.69, 9.17) is 4.74 Å². The maximum absolute atomic E-state index is 12.4. The standard InChI is InChI=1S/C19H29N3O4S/c1-22-12-10-15(11-13-22)20-19(23)14-26-17-6-8-18(9-7-17)27(24,25)21-16-4-2-3-5-16/h6-9,15-16,21H,2-5,10-14H2,1H3,(H,20,23). The van der Waals surface area contributed by atoms with E-state index in [0.717, 1.165) is 51.6 Å². The summed E-state index contributed by atoms with van der Waals surface area (Å²) in [7, 11) is -1.43. The third-order valence-electron chi connectivity index (χ3n) is 5.26. The molecule has 2 aliphatic rings. The third kappa shape index (κ3) is 5.92. The van der Waals surface area contributed by atoms with Gasteiger partial charge in [-0.25, -0.2) is 13.1 Å². The van der Waals surface area contributed by atoms with Gasteiger partial charge in [0.2, 0.25) is 10.0 Å². The Morgan fingerprint density at radius 1 is 1.07 bits per heavy atom. The zero-order valence-corrected chi connectivity index (χ0v) is 16.6. The van der Waals surface area contributed by atoms with Crippen LogP contribution in [0.1, 0.15) is 38.5 Å². The van der Waals surface area contributed by atoms with Crippen LogP contribution in [0.3, 0.4) is 0 Å². The molecule has 2 fully saturated rings. The van der Waals surface area contributed by atoms with E-state index >= 15 is 0 Å². The fourth-order valence-electron chi connectivity index (χ4n) is 3.62. The first-order chi connectivity index (χ1) is 12.9. The molecular weight excluding hydrogens is 366 g/mol. The largest absolute Gasteiger partial charge is 0.484 e. The van der Waals surface area contributed by atoms with Crippen molar-refractivity contribution in [2.24, 2.45) is 0 Å². The summed E-state index contributed by atoms with van der Waals surface area (Å²) in [5.74, 6) is 0.331. The van der Waals surface area contributed by atoms with Crippen molar-refractivity contribution >= 4 is 15.9 Å². The van der Waals surface area contributed by atoms with E-state index in [-0.39, 0.29) is 29.5 Å². The van der Waals surface area contributed by atoms with Crippen molar-refractivity contribution in [1.82, 2.24) is 14.9 Å². The normalized spacial score (nSPS) is 19.9. The minimum atomic E-state index is -3.50. The molecule has 1 aliphatic heterocycles. The van der Waals surface area contributed by atoms with Crippen LogP contribution >= 0.6 is 0 Å². The van der Waals surface area contributed by atoms with E-state index in [0.29, 0.717) is 5.75 Å². The summed E-state index contributed by atoms with van der Waals surface area (Å²) in [6, 6.07) is 6.45. The molecule has 8 heteroatoms. The highest BCUT2D eigenvalue weighted by molar-refractivity contribution is 7.89. The Bertz CT molecular complexity index is 722. The number of hydrogen-bond acceptors (Lipinski definition) is 5. The number of piperidine rings is 1. The minimum Gasteiger partial charge on any atom is -0.484 e. The molecule has 1 aromatic carbocycles. The minimum absolute atomic E-state index is 0.0363. The predicted octanol–water partition coefficient (Wildman–Crippen LogP) is 1.50. The van der Waals surface area contributed by atoms with Crippen LogP contribution in [0.4, 0.5) is 0 Å². The molecule has 1 saturated heterocycles. The second kappa shape index (κ2) is 9.03. The van der Waals surface area contributed by atoms with Crippen LogP contribution in [0.2, 0.25) is 0 Å². The van der Waals surface area contributed by atoms with Crippen molar-refractivity contribution in [3.05, 3.63) is 24.3 Å². The molecule has 0 atom stereocenters. The lowest BCUT2D eigenvalue weighted by Gasteiger charge is -2.29. The van der Waals surface area contributed by atoms with Gasteiger partial charge in [-0.05, 0) is 70.1 Å². The number of sulfonamides is 1. The molecule has 3 rings (SSSR count). The van der Waals surface area contributed by atoms with Gasteiger partial charge in [-0.3, -0.25) is 4.79 Å². The van der Waals surface area contributed by atoms with Crippen LogP contribution in [0, 0.1) is 0 Å². The van der Waals surface area contributed by atoms with Gasteiger partial charge in [-0.15, -0.1) is 0 Å². The van der Waals surface area contributed by atoms with Crippen LogP contribution in [0.15, 0.2) is 29.2 Å². The summed E-state index contributed by atoms with van der Waals surface area (Å²) in [5.41, 5.74) is 0. The SMILES string of the molecule is CN1CCC(NC(=O)COc2ccc(S(=O)(=O)NC3CCCC3)cc2)CC1. The molecule has 1 heterocycles. The average Bonchev–Trinajstić information content (AvgIpc) is 3.14. The van der Waals surface area contributed by atoms with E-state index in [9.17, 15) is 13.2 Å². The maximum Gasteiger partial charge on any atom is 0.258 e. The molecule has 1 aromatic rings. The number of rotatable bonds is 7. The summed E-state index contributed by atoms with van der Waals surface area (Å²) in [6.45, 7) is 1.89.